The Balaban J connectivity index is 1.82. The number of amides is 1. The molecule has 0 bridgehead atoms. The molecule has 0 saturated carbocycles. The average molecular weight is 398 g/mol. The van der Waals surface area contributed by atoms with Crippen LogP contribution in [0.2, 0.25) is 10.0 Å². The molecule has 0 spiro atoms. The van der Waals surface area contributed by atoms with Gasteiger partial charge in [-0.2, -0.15) is 0 Å². The number of ether oxygens (including phenoxy) is 1. The van der Waals surface area contributed by atoms with Gasteiger partial charge in [0, 0.05) is 10.0 Å². The zero-order chi connectivity index (χ0) is 19.0. The lowest BCUT2D eigenvalue weighted by Crippen LogP contribution is -2.24. The van der Waals surface area contributed by atoms with E-state index in [1.807, 2.05) is 48.5 Å². The van der Waals surface area contributed by atoms with Crippen LogP contribution in [0.3, 0.4) is 0 Å². The first-order chi connectivity index (χ1) is 13.1. The summed E-state index contributed by atoms with van der Waals surface area (Å²) in [4.78, 5) is 15.1. The molecular weight excluding hydrogens is 381 g/mol. The van der Waals surface area contributed by atoms with Gasteiger partial charge in [0.25, 0.3) is 0 Å². The summed E-state index contributed by atoms with van der Waals surface area (Å²) in [5, 5.41) is 0.985. The van der Waals surface area contributed by atoms with Crippen LogP contribution < -0.4 is 9.64 Å². The second-order valence-corrected chi connectivity index (χ2v) is 7.34. The third-order valence-electron chi connectivity index (χ3n) is 4.76. The smallest absolute Gasteiger partial charge is 0.239 e. The van der Waals surface area contributed by atoms with Gasteiger partial charge in [-0.3, -0.25) is 9.69 Å². The maximum atomic E-state index is 13.4. The third kappa shape index (κ3) is 3.41. The quantitative estimate of drug-likeness (QED) is 0.539. The summed E-state index contributed by atoms with van der Waals surface area (Å²) in [5.74, 6) is 0.432. The van der Waals surface area contributed by atoms with Crippen LogP contribution in [0.1, 0.15) is 17.0 Å². The van der Waals surface area contributed by atoms with Gasteiger partial charge in [0.2, 0.25) is 5.91 Å². The zero-order valence-corrected chi connectivity index (χ0v) is 16.2. The fourth-order valence-corrected chi connectivity index (χ4v) is 4.05. The van der Waals surface area contributed by atoms with E-state index in [1.54, 1.807) is 30.2 Å². The summed E-state index contributed by atoms with van der Waals surface area (Å²) in [5.41, 5.74) is 3.55. The lowest BCUT2D eigenvalue weighted by atomic mass is 9.93. The largest absolute Gasteiger partial charge is 0.497 e. The molecule has 0 aromatic heterocycles. The van der Waals surface area contributed by atoms with Gasteiger partial charge in [-0.25, -0.2) is 0 Å². The summed E-state index contributed by atoms with van der Waals surface area (Å²) in [6.45, 7) is 0. The first-order valence-corrected chi connectivity index (χ1v) is 9.34. The Morgan fingerprint density at radius 3 is 2.33 bits per heavy atom. The average Bonchev–Trinajstić information content (AvgIpc) is 2.93. The standard InChI is InChI=1S/C22H17Cl2NO2/c1-27-18-7-8-21-19(13-18)20(9-14-5-3-2-4-6-14)22(26)25(21)17-11-15(23)10-16(24)12-17/h2-8,10-13,20H,9H2,1H3. The monoisotopic (exact) mass is 397 g/mol. The molecule has 3 aromatic carbocycles. The number of hydrogen-bond acceptors (Lipinski definition) is 2. The van der Waals surface area contributed by atoms with Crippen molar-refractivity contribution in [1.82, 2.24) is 0 Å². The number of nitrogens with zero attached hydrogens (tertiary/aromatic N) is 1. The minimum absolute atomic E-state index is 0.000407. The molecule has 1 amide bonds. The third-order valence-corrected chi connectivity index (χ3v) is 5.19. The molecule has 0 N–H and O–H groups in total. The van der Waals surface area contributed by atoms with E-state index < -0.39 is 0 Å². The van der Waals surface area contributed by atoms with Gasteiger partial charge in [-0.1, -0.05) is 53.5 Å². The van der Waals surface area contributed by atoms with E-state index in [0.29, 0.717) is 22.2 Å². The van der Waals surface area contributed by atoms with E-state index in [9.17, 15) is 4.79 Å². The number of hydrogen-bond donors (Lipinski definition) is 0. The molecule has 1 atom stereocenters. The second kappa shape index (κ2) is 7.26. The van der Waals surface area contributed by atoms with E-state index in [4.69, 9.17) is 27.9 Å². The highest BCUT2D eigenvalue weighted by atomic mass is 35.5. The molecule has 136 valence electrons. The summed E-state index contributed by atoms with van der Waals surface area (Å²) < 4.78 is 5.38. The lowest BCUT2D eigenvalue weighted by Gasteiger charge is -2.19. The number of carbonyl (C=O) groups is 1. The highest BCUT2D eigenvalue weighted by Crippen LogP contribution is 2.45. The van der Waals surface area contributed by atoms with Crippen molar-refractivity contribution in [1.29, 1.82) is 0 Å². The van der Waals surface area contributed by atoms with Crippen molar-refractivity contribution in [2.75, 3.05) is 12.0 Å². The Labute approximate surface area is 168 Å². The number of fused-ring (bicyclic) bond motifs is 1. The van der Waals surface area contributed by atoms with Crippen molar-refractivity contribution in [3.8, 4) is 5.75 Å². The molecule has 0 fully saturated rings. The molecule has 0 saturated heterocycles. The van der Waals surface area contributed by atoms with E-state index in [2.05, 4.69) is 0 Å². The minimum Gasteiger partial charge on any atom is -0.497 e. The van der Waals surface area contributed by atoms with Gasteiger partial charge in [0.05, 0.1) is 24.4 Å². The highest BCUT2D eigenvalue weighted by molar-refractivity contribution is 6.35. The Kier molecular flexibility index (Phi) is 4.81. The van der Waals surface area contributed by atoms with Gasteiger partial charge < -0.3 is 4.74 Å². The van der Waals surface area contributed by atoms with Crippen LogP contribution in [-0.4, -0.2) is 13.0 Å². The van der Waals surface area contributed by atoms with Crippen molar-refractivity contribution >= 4 is 40.5 Å². The second-order valence-electron chi connectivity index (χ2n) is 6.47. The number of rotatable bonds is 4. The number of benzene rings is 3. The molecule has 4 rings (SSSR count). The summed E-state index contributed by atoms with van der Waals surface area (Å²) in [6.07, 6.45) is 0.616. The fourth-order valence-electron chi connectivity index (χ4n) is 3.53. The van der Waals surface area contributed by atoms with Crippen LogP contribution in [0.5, 0.6) is 5.75 Å². The first kappa shape index (κ1) is 17.9. The summed E-state index contributed by atoms with van der Waals surface area (Å²) >= 11 is 12.3. The van der Waals surface area contributed by atoms with E-state index in [-0.39, 0.29) is 11.8 Å². The normalized spacial score (nSPS) is 15.7. The van der Waals surface area contributed by atoms with Crippen LogP contribution in [0.25, 0.3) is 0 Å². The molecule has 3 aromatic rings. The highest BCUT2D eigenvalue weighted by Gasteiger charge is 2.38. The Bertz CT molecular complexity index is 984. The topological polar surface area (TPSA) is 29.5 Å². The zero-order valence-electron chi connectivity index (χ0n) is 14.7. The number of halogens is 2. The molecule has 3 nitrogen and oxygen atoms in total. The molecule has 0 radical (unpaired) electrons. The predicted molar refractivity (Wildman–Crippen MR) is 109 cm³/mol. The first-order valence-electron chi connectivity index (χ1n) is 8.59. The molecule has 0 aliphatic carbocycles. The van der Waals surface area contributed by atoms with E-state index in [1.165, 1.54) is 0 Å². The fraction of sp³-hybridized carbons (Fsp3) is 0.136. The number of carbonyl (C=O) groups excluding carboxylic acids is 1. The van der Waals surface area contributed by atoms with E-state index >= 15 is 0 Å². The van der Waals surface area contributed by atoms with Gasteiger partial charge >= 0.3 is 0 Å². The van der Waals surface area contributed by atoms with Crippen molar-refractivity contribution in [3.05, 3.63) is 87.9 Å². The maximum Gasteiger partial charge on any atom is 0.239 e. The summed E-state index contributed by atoms with van der Waals surface area (Å²) in [7, 11) is 1.62. The Morgan fingerprint density at radius 1 is 0.963 bits per heavy atom. The Hall–Kier alpha value is -2.49. The molecule has 27 heavy (non-hydrogen) atoms. The van der Waals surface area contributed by atoms with Crippen molar-refractivity contribution in [3.63, 3.8) is 0 Å². The van der Waals surface area contributed by atoms with Gasteiger partial charge in [0.15, 0.2) is 0 Å². The molecule has 1 aliphatic heterocycles. The molecule has 1 heterocycles. The van der Waals surface area contributed by atoms with Crippen LogP contribution in [0.4, 0.5) is 11.4 Å². The number of anilines is 2. The van der Waals surface area contributed by atoms with Crippen LogP contribution in [0, 0.1) is 0 Å². The molecule has 1 aliphatic rings. The summed E-state index contributed by atoms with van der Waals surface area (Å²) in [6, 6.07) is 20.9. The van der Waals surface area contributed by atoms with Gasteiger partial charge in [-0.15, -0.1) is 0 Å². The van der Waals surface area contributed by atoms with Gasteiger partial charge in [-0.05, 0) is 53.9 Å². The van der Waals surface area contributed by atoms with Crippen molar-refractivity contribution < 1.29 is 9.53 Å². The Morgan fingerprint density at radius 2 is 1.67 bits per heavy atom. The van der Waals surface area contributed by atoms with Crippen molar-refractivity contribution in [2.45, 2.75) is 12.3 Å². The minimum atomic E-state index is -0.296. The van der Waals surface area contributed by atoms with Crippen LogP contribution in [-0.2, 0) is 11.2 Å². The predicted octanol–water partition coefficient (Wildman–Crippen LogP) is 6.01. The SMILES string of the molecule is COc1ccc2c(c1)C(Cc1ccccc1)C(=O)N2c1cc(Cl)cc(Cl)c1. The molecular formula is C22H17Cl2NO2. The van der Waals surface area contributed by atoms with E-state index in [0.717, 1.165) is 22.6 Å². The molecule has 5 heteroatoms. The maximum absolute atomic E-state index is 13.4. The van der Waals surface area contributed by atoms with Crippen molar-refractivity contribution in [2.24, 2.45) is 0 Å². The number of methoxy groups -OCH3 is 1. The van der Waals surface area contributed by atoms with Crippen LogP contribution >= 0.6 is 23.2 Å². The van der Waals surface area contributed by atoms with Gasteiger partial charge in [0.1, 0.15) is 5.75 Å². The molecule has 1 unspecified atom stereocenters. The lowest BCUT2D eigenvalue weighted by molar-refractivity contribution is -0.118. The van der Waals surface area contributed by atoms with Crippen LogP contribution in [0.15, 0.2) is 66.7 Å².